The van der Waals surface area contributed by atoms with Crippen molar-refractivity contribution in [2.75, 3.05) is 12.4 Å². The monoisotopic (exact) mass is 255 g/mol. The Morgan fingerprint density at radius 1 is 1.50 bits per heavy atom. The zero-order valence-electron chi connectivity index (χ0n) is 7.93. The van der Waals surface area contributed by atoms with Crippen LogP contribution in [-0.2, 0) is 4.79 Å². The Bertz CT molecular complexity index is 403. The minimum absolute atomic E-state index is 0.0418. The van der Waals surface area contributed by atoms with Gasteiger partial charge in [0.2, 0.25) is 5.91 Å². The van der Waals surface area contributed by atoms with Gasteiger partial charge in [0.1, 0.15) is 5.75 Å². The Balaban J connectivity index is 2.55. The number of carbonyl (C=O) groups is 1. The summed E-state index contributed by atoms with van der Waals surface area (Å²) in [6, 6.07) is 3.76. The quantitative estimate of drug-likeness (QED) is 0.838. The number of benzene rings is 1. The van der Waals surface area contributed by atoms with Crippen molar-refractivity contribution in [3.05, 3.63) is 22.2 Å². The van der Waals surface area contributed by atoms with Crippen LogP contribution in [0.25, 0.3) is 0 Å². The molecule has 1 unspecified atom stereocenters. The lowest BCUT2D eigenvalue weighted by Gasteiger charge is -2.07. The smallest absolute Gasteiger partial charge is 0.231 e. The molecule has 1 N–H and O–H groups in total. The van der Waals surface area contributed by atoms with E-state index in [1.165, 1.54) is 0 Å². The number of anilines is 1. The van der Waals surface area contributed by atoms with Crippen LogP contribution in [0.5, 0.6) is 5.75 Å². The van der Waals surface area contributed by atoms with E-state index < -0.39 is 0 Å². The normalized spacial score (nSPS) is 19.1. The van der Waals surface area contributed by atoms with Crippen LogP contribution < -0.4 is 10.1 Å². The number of nitrogens with one attached hydrogen (secondary N) is 1. The molecule has 1 heterocycles. The molecule has 1 aliphatic rings. The molecule has 74 valence electrons. The van der Waals surface area contributed by atoms with Gasteiger partial charge in [-0.05, 0) is 40.5 Å². The van der Waals surface area contributed by atoms with Crippen molar-refractivity contribution in [2.45, 2.75) is 12.8 Å². The Morgan fingerprint density at radius 2 is 2.21 bits per heavy atom. The molecule has 0 spiro atoms. The summed E-state index contributed by atoms with van der Waals surface area (Å²) >= 11 is 3.37. The zero-order chi connectivity index (χ0) is 10.3. The molecular formula is C10H10BrNO2. The van der Waals surface area contributed by atoms with Gasteiger partial charge in [0, 0.05) is 5.69 Å². The zero-order valence-corrected chi connectivity index (χ0v) is 9.51. The maximum atomic E-state index is 11.4. The highest BCUT2D eigenvalue weighted by atomic mass is 79.9. The predicted molar refractivity (Wildman–Crippen MR) is 57.7 cm³/mol. The lowest BCUT2D eigenvalue weighted by atomic mass is 10.0. The maximum Gasteiger partial charge on any atom is 0.231 e. The molecule has 14 heavy (non-hydrogen) atoms. The summed E-state index contributed by atoms with van der Waals surface area (Å²) in [7, 11) is 1.61. The van der Waals surface area contributed by atoms with Gasteiger partial charge in [0.25, 0.3) is 0 Å². The van der Waals surface area contributed by atoms with Crippen molar-refractivity contribution >= 4 is 27.5 Å². The average molecular weight is 256 g/mol. The van der Waals surface area contributed by atoms with Crippen molar-refractivity contribution in [1.29, 1.82) is 0 Å². The van der Waals surface area contributed by atoms with Crippen LogP contribution in [0.2, 0.25) is 0 Å². The first-order valence-corrected chi connectivity index (χ1v) is 5.11. The molecule has 2 rings (SSSR count). The highest BCUT2D eigenvalue weighted by Gasteiger charge is 2.27. The van der Waals surface area contributed by atoms with Crippen LogP contribution in [0.15, 0.2) is 16.6 Å². The summed E-state index contributed by atoms with van der Waals surface area (Å²) in [6.45, 7) is 1.88. The first-order valence-electron chi connectivity index (χ1n) is 4.31. The molecule has 0 bridgehead atoms. The van der Waals surface area contributed by atoms with Gasteiger partial charge in [0.05, 0.1) is 17.5 Å². The topological polar surface area (TPSA) is 38.3 Å². The third-order valence-electron chi connectivity index (χ3n) is 2.44. The fourth-order valence-corrected chi connectivity index (χ4v) is 2.08. The van der Waals surface area contributed by atoms with Crippen molar-refractivity contribution < 1.29 is 9.53 Å². The lowest BCUT2D eigenvalue weighted by molar-refractivity contribution is -0.116. The van der Waals surface area contributed by atoms with E-state index in [1.807, 2.05) is 19.1 Å². The van der Waals surface area contributed by atoms with Crippen LogP contribution in [0.4, 0.5) is 5.69 Å². The van der Waals surface area contributed by atoms with E-state index in [9.17, 15) is 4.79 Å². The summed E-state index contributed by atoms with van der Waals surface area (Å²) in [5.41, 5.74) is 1.87. The van der Waals surface area contributed by atoms with Gasteiger partial charge >= 0.3 is 0 Å². The second kappa shape index (κ2) is 3.28. The molecule has 0 saturated heterocycles. The molecule has 0 fully saturated rings. The Labute approximate surface area is 90.6 Å². The Kier molecular flexibility index (Phi) is 2.23. The van der Waals surface area contributed by atoms with Crippen molar-refractivity contribution in [1.82, 2.24) is 0 Å². The Morgan fingerprint density at radius 3 is 2.86 bits per heavy atom. The van der Waals surface area contributed by atoms with Crippen molar-refractivity contribution in [3.63, 3.8) is 0 Å². The largest absolute Gasteiger partial charge is 0.496 e. The summed E-state index contributed by atoms with van der Waals surface area (Å²) < 4.78 is 6.02. The van der Waals surface area contributed by atoms with Gasteiger partial charge in [-0.1, -0.05) is 0 Å². The molecule has 4 heteroatoms. The molecule has 1 aromatic rings. The van der Waals surface area contributed by atoms with Crippen molar-refractivity contribution in [2.24, 2.45) is 0 Å². The van der Waals surface area contributed by atoms with Crippen LogP contribution >= 0.6 is 15.9 Å². The molecule has 0 aromatic heterocycles. The van der Waals surface area contributed by atoms with Crippen LogP contribution in [0.1, 0.15) is 18.4 Å². The van der Waals surface area contributed by atoms with E-state index in [-0.39, 0.29) is 11.8 Å². The van der Waals surface area contributed by atoms with E-state index in [1.54, 1.807) is 7.11 Å². The number of fused-ring (bicyclic) bond motifs is 1. The number of amides is 1. The van der Waals surface area contributed by atoms with E-state index >= 15 is 0 Å². The van der Waals surface area contributed by atoms with E-state index in [0.29, 0.717) is 0 Å². The van der Waals surface area contributed by atoms with E-state index in [4.69, 9.17) is 4.74 Å². The molecule has 1 aromatic carbocycles. The van der Waals surface area contributed by atoms with Crippen molar-refractivity contribution in [3.8, 4) is 5.75 Å². The fourth-order valence-electron chi connectivity index (χ4n) is 1.57. The number of halogens is 1. The minimum Gasteiger partial charge on any atom is -0.496 e. The van der Waals surface area contributed by atoms with E-state index in [0.717, 1.165) is 21.5 Å². The molecule has 0 saturated carbocycles. The average Bonchev–Trinajstić information content (AvgIpc) is 2.41. The van der Waals surface area contributed by atoms with Crippen LogP contribution in [-0.4, -0.2) is 13.0 Å². The van der Waals surface area contributed by atoms with Gasteiger partial charge < -0.3 is 10.1 Å². The van der Waals surface area contributed by atoms with Gasteiger partial charge in [-0.25, -0.2) is 0 Å². The molecule has 1 amide bonds. The summed E-state index contributed by atoms with van der Waals surface area (Å²) in [6.07, 6.45) is 0. The Hall–Kier alpha value is -1.03. The first kappa shape index (κ1) is 9.52. The highest BCUT2D eigenvalue weighted by Crippen LogP contribution is 2.39. The summed E-state index contributed by atoms with van der Waals surface area (Å²) in [5.74, 6) is 0.708. The van der Waals surface area contributed by atoms with Gasteiger partial charge in [-0.3, -0.25) is 4.79 Å². The minimum atomic E-state index is -0.0907. The SMILES string of the molecule is COc1cc2c(cc1Br)NC(=O)C2C. The maximum absolute atomic E-state index is 11.4. The number of rotatable bonds is 1. The second-order valence-electron chi connectivity index (χ2n) is 3.28. The van der Waals surface area contributed by atoms with Gasteiger partial charge in [0.15, 0.2) is 0 Å². The number of carbonyl (C=O) groups excluding carboxylic acids is 1. The van der Waals surface area contributed by atoms with E-state index in [2.05, 4.69) is 21.2 Å². The third-order valence-corrected chi connectivity index (χ3v) is 3.06. The van der Waals surface area contributed by atoms with Crippen LogP contribution in [0, 0.1) is 0 Å². The first-order chi connectivity index (χ1) is 6.63. The third kappa shape index (κ3) is 1.30. The number of hydrogen-bond donors (Lipinski definition) is 1. The van der Waals surface area contributed by atoms with Gasteiger partial charge in [-0.2, -0.15) is 0 Å². The summed E-state index contributed by atoms with van der Waals surface area (Å²) in [5, 5.41) is 2.81. The molecule has 0 aliphatic carbocycles. The highest BCUT2D eigenvalue weighted by molar-refractivity contribution is 9.10. The predicted octanol–water partition coefficient (Wildman–Crippen LogP) is 2.51. The van der Waals surface area contributed by atoms with Crippen LogP contribution in [0.3, 0.4) is 0 Å². The number of ether oxygens (including phenoxy) is 1. The number of methoxy groups -OCH3 is 1. The standard InChI is InChI=1S/C10H10BrNO2/c1-5-6-3-9(14-2)7(11)4-8(6)12-10(5)13/h3-5H,1-2H3,(H,12,13). The summed E-state index contributed by atoms with van der Waals surface area (Å²) in [4.78, 5) is 11.4. The molecular weight excluding hydrogens is 246 g/mol. The lowest BCUT2D eigenvalue weighted by Crippen LogP contribution is -2.08. The number of hydrogen-bond acceptors (Lipinski definition) is 2. The molecule has 1 atom stereocenters. The molecule has 1 aliphatic heterocycles. The molecule has 3 nitrogen and oxygen atoms in total. The molecule has 0 radical (unpaired) electrons. The van der Waals surface area contributed by atoms with Gasteiger partial charge in [-0.15, -0.1) is 0 Å². The fraction of sp³-hybridized carbons (Fsp3) is 0.300. The second-order valence-corrected chi connectivity index (χ2v) is 4.14.